The summed E-state index contributed by atoms with van der Waals surface area (Å²) in [6, 6.07) is 0.602. The van der Waals surface area contributed by atoms with Gasteiger partial charge in [-0.2, -0.15) is 0 Å². The molecule has 0 spiro atoms. The number of nitrogens with one attached hydrogen (secondary N) is 1. The molecule has 17 heavy (non-hydrogen) atoms. The summed E-state index contributed by atoms with van der Waals surface area (Å²) in [6.07, 6.45) is 0. The summed E-state index contributed by atoms with van der Waals surface area (Å²) in [5, 5.41) is 3.72. The molecule has 0 aliphatic carbocycles. The third-order valence-electron chi connectivity index (χ3n) is 3.21. The van der Waals surface area contributed by atoms with Gasteiger partial charge in [0.15, 0.2) is 0 Å². The minimum Gasteiger partial charge on any atom is -0.311 e. The van der Waals surface area contributed by atoms with Crippen molar-refractivity contribution in [1.29, 1.82) is 0 Å². The maximum Gasteiger partial charge on any atom is 0.0322 e. The van der Waals surface area contributed by atoms with Crippen LogP contribution in [0.15, 0.2) is 0 Å². The average molecular weight is 241 g/mol. The van der Waals surface area contributed by atoms with Crippen molar-refractivity contribution in [3.8, 4) is 0 Å². The van der Waals surface area contributed by atoms with Gasteiger partial charge in [0.05, 0.1) is 0 Å². The van der Waals surface area contributed by atoms with E-state index in [1.54, 1.807) is 0 Å². The highest BCUT2D eigenvalue weighted by Gasteiger charge is 2.28. The molecule has 0 aromatic heterocycles. The van der Waals surface area contributed by atoms with E-state index in [2.05, 4.69) is 56.9 Å². The van der Waals surface area contributed by atoms with E-state index in [9.17, 15) is 0 Å². The second-order valence-corrected chi connectivity index (χ2v) is 7.09. The largest absolute Gasteiger partial charge is 0.311 e. The fraction of sp³-hybridized carbons (Fsp3) is 1.00. The van der Waals surface area contributed by atoms with E-state index < -0.39 is 0 Å². The van der Waals surface area contributed by atoms with E-state index in [1.165, 1.54) is 19.6 Å². The summed E-state index contributed by atoms with van der Waals surface area (Å²) < 4.78 is 0. The molecule has 0 aromatic carbocycles. The van der Waals surface area contributed by atoms with Gasteiger partial charge in [0.2, 0.25) is 0 Å². The molecule has 1 saturated heterocycles. The first-order valence-electron chi connectivity index (χ1n) is 6.89. The van der Waals surface area contributed by atoms with Crippen molar-refractivity contribution in [1.82, 2.24) is 15.1 Å². The monoisotopic (exact) mass is 241 g/mol. The Morgan fingerprint density at radius 1 is 1.35 bits per heavy atom. The molecular formula is C14H31N3. The molecule has 0 amide bonds. The van der Waals surface area contributed by atoms with E-state index in [4.69, 9.17) is 0 Å². The minimum absolute atomic E-state index is 0.385. The van der Waals surface area contributed by atoms with E-state index in [1.807, 2.05) is 0 Å². The number of nitrogens with zero attached hydrogens (tertiary/aromatic N) is 2. The fourth-order valence-electron chi connectivity index (χ4n) is 2.74. The van der Waals surface area contributed by atoms with Gasteiger partial charge in [-0.3, -0.25) is 0 Å². The van der Waals surface area contributed by atoms with Crippen LogP contribution in [-0.4, -0.2) is 62.7 Å². The zero-order valence-corrected chi connectivity index (χ0v) is 12.6. The van der Waals surface area contributed by atoms with Crippen LogP contribution < -0.4 is 5.32 Å². The minimum atomic E-state index is 0.385. The molecule has 0 aromatic rings. The average Bonchev–Trinajstić information content (AvgIpc) is 2.22. The van der Waals surface area contributed by atoms with Gasteiger partial charge in [0.25, 0.3) is 0 Å². The van der Waals surface area contributed by atoms with Gasteiger partial charge in [-0.05, 0) is 25.4 Å². The highest BCUT2D eigenvalue weighted by Crippen LogP contribution is 2.20. The third kappa shape index (κ3) is 5.84. The molecule has 0 radical (unpaired) electrons. The van der Waals surface area contributed by atoms with Crippen molar-refractivity contribution in [2.75, 3.05) is 46.8 Å². The number of rotatable bonds is 4. The van der Waals surface area contributed by atoms with Crippen LogP contribution >= 0.6 is 0 Å². The topological polar surface area (TPSA) is 18.5 Å². The van der Waals surface area contributed by atoms with Gasteiger partial charge in [-0.15, -0.1) is 0 Å². The van der Waals surface area contributed by atoms with Gasteiger partial charge < -0.3 is 15.1 Å². The Labute approximate surface area is 108 Å². The van der Waals surface area contributed by atoms with Crippen LogP contribution in [0.5, 0.6) is 0 Å². The first kappa shape index (κ1) is 14.9. The zero-order chi connectivity index (χ0) is 13.1. The van der Waals surface area contributed by atoms with E-state index >= 15 is 0 Å². The van der Waals surface area contributed by atoms with Crippen LogP contribution in [0.3, 0.4) is 0 Å². The molecule has 1 fully saturated rings. The number of hydrogen-bond acceptors (Lipinski definition) is 3. The molecular weight excluding hydrogens is 210 g/mol. The molecule has 0 saturated carbocycles. The summed E-state index contributed by atoms with van der Waals surface area (Å²) in [4.78, 5) is 4.92. The lowest BCUT2D eigenvalue weighted by Crippen LogP contribution is -2.44. The van der Waals surface area contributed by atoms with Crippen LogP contribution in [0, 0.1) is 11.3 Å². The molecule has 0 bridgehead atoms. The lowest BCUT2D eigenvalue weighted by molar-refractivity contribution is 0.179. The van der Waals surface area contributed by atoms with Gasteiger partial charge >= 0.3 is 0 Å². The van der Waals surface area contributed by atoms with Crippen molar-refractivity contribution in [3.05, 3.63) is 0 Å². The van der Waals surface area contributed by atoms with Crippen molar-refractivity contribution < 1.29 is 0 Å². The Morgan fingerprint density at radius 3 is 2.53 bits per heavy atom. The van der Waals surface area contributed by atoms with Gasteiger partial charge in [0.1, 0.15) is 0 Å². The molecule has 1 atom stereocenters. The Bertz CT molecular complexity index is 224. The van der Waals surface area contributed by atoms with E-state index in [0.29, 0.717) is 11.5 Å². The lowest BCUT2D eigenvalue weighted by Gasteiger charge is -2.30. The quantitative estimate of drug-likeness (QED) is 0.805. The zero-order valence-electron chi connectivity index (χ0n) is 12.6. The van der Waals surface area contributed by atoms with Gasteiger partial charge in [-0.25, -0.2) is 0 Å². The summed E-state index contributed by atoms with van der Waals surface area (Å²) in [5.41, 5.74) is 0.385. The summed E-state index contributed by atoms with van der Waals surface area (Å²) in [6.45, 7) is 15.2. The standard InChI is InChI=1S/C14H31N3/c1-12(2)7-17-9-13(8-16(5)6)15-10-14(3,4)11-17/h12-13,15H,7-11H2,1-6H3. The Hall–Kier alpha value is -0.120. The molecule has 1 rings (SSSR count). The molecule has 1 aliphatic heterocycles. The predicted octanol–water partition coefficient (Wildman–Crippen LogP) is 1.50. The van der Waals surface area contributed by atoms with E-state index in [0.717, 1.165) is 19.0 Å². The molecule has 3 heteroatoms. The summed E-state index contributed by atoms with van der Waals surface area (Å²) >= 11 is 0. The van der Waals surface area contributed by atoms with Crippen molar-refractivity contribution in [2.24, 2.45) is 11.3 Å². The molecule has 1 aliphatic rings. The van der Waals surface area contributed by atoms with Crippen LogP contribution in [-0.2, 0) is 0 Å². The number of hydrogen-bond donors (Lipinski definition) is 1. The normalized spacial score (nSPS) is 26.5. The second kappa shape index (κ2) is 6.17. The number of likely N-dealkylation sites (N-methyl/N-ethyl adjacent to an activating group) is 1. The highest BCUT2D eigenvalue weighted by molar-refractivity contribution is 4.86. The first-order chi connectivity index (χ1) is 7.78. The molecule has 102 valence electrons. The molecule has 1 heterocycles. The fourth-order valence-corrected chi connectivity index (χ4v) is 2.74. The lowest BCUT2D eigenvalue weighted by atomic mass is 9.93. The van der Waals surface area contributed by atoms with Gasteiger partial charge in [-0.1, -0.05) is 27.7 Å². The van der Waals surface area contributed by atoms with Crippen LogP contribution in [0.4, 0.5) is 0 Å². The van der Waals surface area contributed by atoms with Crippen molar-refractivity contribution in [3.63, 3.8) is 0 Å². The predicted molar refractivity (Wildman–Crippen MR) is 75.4 cm³/mol. The molecule has 3 nitrogen and oxygen atoms in total. The summed E-state index contributed by atoms with van der Waals surface area (Å²) in [7, 11) is 4.31. The van der Waals surface area contributed by atoms with Gasteiger partial charge in [0, 0.05) is 38.8 Å². The van der Waals surface area contributed by atoms with Crippen molar-refractivity contribution >= 4 is 0 Å². The van der Waals surface area contributed by atoms with Crippen LogP contribution in [0.2, 0.25) is 0 Å². The highest BCUT2D eigenvalue weighted by atomic mass is 15.2. The Morgan fingerprint density at radius 2 is 2.00 bits per heavy atom. The Kier molecular flexibility index (Phi) is 5.42. The van der Waals surface area contributed by atoms with Crippen molar-refractivity contribution in [2.45, 2.75) is 33.7 Å². The van der Waals surface area contributed by atoms with Crippen LogP contribution in [0.1, 0.15) is 27.7 Å². The maximum atomic E-state index is 3.72. The first-order valence-corrected chi connectivity index (χ1v) is 6.89. The molecule has 1 N–H and O–H groups in total. The third-order valence-corrected chi connectivity index (χ3v) is 3.21. The van der Waals surface area contributed by atoms with E-state index in [-0.39, 0.29) is 0 Å². The molecule has 1 unspecified atom stereocenters. The second-order valence-electron chi connectivity index (χ2n) is 7.09. The Balaban J connectivity index is 2.61. The summed E-state index contributed by atoms with van der Waals surface area (Å²) in [5.74, 6) is 0.754. The van der Waals surface area contributed by atoms with Crippen LogP contribution in [0.25, 0.3) is 0 Å². The SMILES string of the molecule is CC(C)CN1CC(CN(C)C)NCC(C)(C)C1. The smallest absolute Gasteiger partial charge is 0.0322 e. The maximum absolute atomic E-state index is 3.72.